The lowest BCUT2D eigenvalue weighted by atomic mass is 10.1. The van der Waals surface area contributed by atoms with Crippen LogP contribution in [-0.2, 0) is 19.9 Å². The van der Waals surface area contributed by atoms with Crippen LogP contribution in [0.1, 0.15) is 35.5 Å². The molecular formula is C16H22N4O3. The summed E-state index contributed by atoms with van der Waals surface area (Å²) in [6.45, 7) is 4.09. The first-order valence-electron chi connectivity index (χ1n) is 7.50. The largest absolute Gasteiger partial charge is 0.481 e. The van der Waals surface area contributed by atoms with Crippen LogP contribution in [0.4, 0.5) is 5.82 Å². The van der Waals surface area contributed by atoms with Crippen molar-refractivity contribution < 1.29 is 14.3 Å². The van der Waals surface area contributed by atoms with Gasteiger partial charge in [-0.2, -0.15) is 10.1 Å². The smallest absolute Gasteiger partial charge is 0.262 e. The molecule has 124 valence electrons. The first-order chi connectivity index (χ1) is 11.0. The maximum atomic E-state index is 12.6. The van der Waals surface area contributed by atoms with Crippen LogP contribution >= 0.6 is 0 Å². The Morgan fingerprint density at radius 1 is 1.22 bits per heavy atom. The molecule has 0 radical (unpaired) electrons. The molecular weight excluding hydrogens is 296 g/mol. The first-order valence-corrected chi connectivity index (χ1v) is 7.50. The van der Waals surface area contributed by atoms with Gasteiger partial charge in [0.05, 0.1) is 19.9 Å². The third-order valence-electron chi connectivity index (χ3n) is 3.63. The molecule has 0 unspecified atom stereocenters. The summed E-state index contributed by atoms with van der Waals surface area (Å²) in [6.07, 6.45) is 1.62. The molecule has 2 rings (SSSR count). The minimum atomic E-state index is -0.294. The lowest BCUT2D eigenvalue weighted by Gasteiger charge is -2.11. The van der Waals surface area contributed by atoms with Gasteiger partial charge in [-0.3, -0.25) is 9.48 Å². The van der Waals surface area contributed by atoms with E-state index < -0.39 is 0 Å². The summed E-state index contributed by atoms with van der Waals surface area (Å²) in [5, 5.41) is 7.37. The maximum Gasteiger partial charge on any atom is 0.262 e. The van der Waals surface area contributed by atoms with E-state index in [1.165, 1.54) is 14.2 Å². The highest BCUT2D eigenvalue weighted by Gasteiger charge is 2.20. The van der Waals surface area contributed by atoms with Gasteiger partial charge >= 0.3 is 0 Å². The van der Waals surface area contributed by atoms with Crippen LogP contribution in [0.15, 0.2) is 12.1 Å². The molecule has 0 atom stereocenters. The number of rotatable bonds is 6. The van der Waals surface area contributed by atoms with E-state index in [9.17, 15) is 4.79 Å². The number of ether oxygens (including phenoxy) is 2. The third-order valence-corrected chi connectivity index (χ3v) is 3.63. The van der Waals surface area contributed by atoms with Crippen LogP contribution in [0.2, 0.25) is 0 Å². The Kier molecular flexibility index (Phi) is 5.20. The Morgan fingerprint density at radius 2 is 1.96 bits per heavy atom. The van der Waals surface area contributed by atoms with Crippen molar-refractivity contribution in [1.29, 1.82) is 0 Å². The third kappa shape index (κ3) is 3.28. The minimum absolute atomic E-state index is 0.220. The lowest BCUT2D eigenvalue weighted by Crippen LogP contribution is -2.17. The number of anilines is 1. The molecule has 1 amide bonds. The number of carbonyl (C=O) groups excluding carboxylic acids is 1. The summed E-state index contributed by atoms with van der Waals surface area (Å²) in [5.41, 5.74) is 2.38. The predicted molar refractivity (Wildman–Crippen MR) is 87.3 cm³/mol. The number of methoxy groups -OCH3 is 2. The normalized spacial score (nSPS) is 10.5. The highest BCUT2D eigenvalue weighted by molar-refractivity contribution is 6.05. The van der Waals surface area contributed by atoms with Gasteiger partial charge < -0.3 is 14.8 Å². The van der Waals surface area contributed by atoms with Crippen LogP contribution in [0.25, 0.3) is 0 Å². The van der Waals surface area contributed by atoms with E-state index in [0.717, 1.165) is 24.1 Å². The fourth-order valence-electron chi connectivity index (χ4n) is 2.48. The average Bonchev–Trinajstić information content (AvgIpc) is 2.89. The molecule has 0 aromatic carbocycles. The second-order valence-electron chi connectivity index (χ2n) is 4.97. The lowest BCUT2D eigenvalue weighted by molar-refractivity contribution is 0.102. The molecule has 0 spiro atoms. The molecule has 0 saturated heterocycles. The molecule has 23 heavy (non-hydrogen) atoms. The van der Waals surface area contributed by atoms with Gasteiger partial charge in [-0.25, -0.2) is 0 Å². The van der Waals surface area contributed by atoms with Gasteiger partial charge in [0, 0.05) is 18.7 Å². The summed E-state index contributed by atoms with van der Waals surface area (Å²) in [7, 11) is 4.80. The zero-order valence-corrected chi connectivity index (χ0v) is 14.1. The highest BCUT2D eigenvalue weighted by Crippen LogP contribution is 2.24. The van der Waals surface area contributed by atoms with Gasteiger partial charge in [-0.05, 0) is 18.9 Å². The molecule has 0 aliphatic carbocycles. The molecule has 1 N–H and O–H groups in total. The van der Waals surface area contributed by atoms with Crippen molar-refractivity contribution in [2.45, 2.75) is 26.7 Å². The Hall–Kier alpha value is -2.57. The number of nitrogens with zero attached hydrogens (tertiary/aromatic N) is 3. The molecule has 7 nitrogen and oxygen atoms in total. The van der Waals surface area contributed by atoms with E-state index in [4.69, 9.17) is 9.47 Å². The molecule has 2 heterocycles. The molecule has 0 aliphatic heterocycles. The van der Waals surface area contributed by atoms with Crippen molar-refractivity contribution >= 4 is 11.7 Å². The summed E-state index contributed by atoms with van der Waals surface area (Å²) in [5.74, 6) is 1.02. The van der Waals surface area contributed by atoms with Gasteiger partial charge in [0.1, 0.15) is 11.4 Å². The molecule has 0 fully saturated rings. The van der Waals surface area contributed by atoms with E-state index in [2.05, 4.69) is 15.4 Å². The van der Waals surface area contributed by atoms with Crippen molar-refractivity contribution in [3.63, 3.8) is 0 Å². The van der Waals surface area contributed by atoms with Crippen molar-refractivity contribution in [3.8, 4) is 11.8 Å². The van der Waals surface area contributed by atoms with E-state index in [-0.39, 0.29) is 11.8 Å². The van der Waals surface area contributed by atoms with Gasteiger partial charge in [0.15, 0.2) is 0 Å². The number of hydrogen-bond donors (Lipinski definition) is 1. The monoisotopic (exact) mass is 318 g/mol. The Labute approximate surface area is 135 Å². The Balaban J connectivity index is 2.35. The topological polar surface area (TPSA) is 78.3 Å². The number of carbonyl (C=O) groups is 1. The summed E-state index contributed by atoms with van der Waals surface area (Å²) in [6, 6.07) is 3.25. The standard InChI is InChI=1S/C16H22N4O3/c1-6-10-12(7-2)19-20(3)14(10)18-15(21)11-8-9-13(22-4)17-16(11)23-5/h8-9H,6-7H2,1-5H3,(H,18,21). The number of hydrogen-bond acceptors (Lipinski definition) is 5. The minimum Gasteiger partial charge on any atom is -0.481 e. The predicted octanol–water partition coefficient (Wildman–Crippen LogP) is 2.21. The molecule has 0 aliphatic rings. The van der Waals surface area contributed by atoms with Crippen molar-refractivity contribution in [2.75, 3.05) is 19.5 Å². The van der Waals surface area contributed by atoms with Gasteiger partial charge in [-0.1, -0.05) is 13.8 Å². The van der Waals surface area contributed by atoms with Crippen molar-refractivity contribution in [3.05, 3.63) is 29.0 Å². The molecule has 0 saturated carbocycles. The number of amides is 1. The molecule has 7 heteroatoms. The molecule has 2 aromatic heterocycles. The van der Waals surface area contributed by atoms with Gasteiger partial charge in [0.2, 0.25) is 11.8 Å². The number of aromatic nitrogens is 3. The summed E-state index contributed by atoms with van der Waals surface area (Å²) < 4.78 is 11.9. The second-order valence-corrected chi connectivity index (χ2v) is 4.97. The average molecular weight is 318 g/mol. The number of pyridine rings is 1. The fraction of sp³-hybridized carbons (Fsp3) is 0.438. The van der Waals surface area contributed by atoms with E-state index in [0.29, 0.717) is 17.3 Å². The van der Waals surface area contributed by atoms with Gasteiger partial charge in [0.25, 0.3) is 5.91 Å². The fourth-order valence-corrected chi connectivity index (χ4v) is 2.48. The summed E-state index contributed by atoms with van der Waals surface area (Å²) in [4.78, 5) is 16.7. The van der Waals surface area contributed by atoms with Crippen molar-refractivity contribution in [2.24, 2.45) is 7.05 Å². The van der Waals surface area contributed by atoms with Crippen molar-refractivity contribution in [1.82, 2.24) is 14.8 Å². The zero-order valence-electron chi connectivity index (χ0n) is 14.1. The Morgan fingerprint density at radius 3 is 2.52 bits per heavy atom. The van der Waals surface area contributed by atoms with E-state index in [1.807, 2.05) is 20.9 Å². The summed E-state index contributed by atoms with van der Waals surface area (Å²) >= 11 is 0. The van der Waals surface area contributed by atoms with Gasteiger partial charge in [-0.15, -0.1) is 0 Å². The molecule has 0 bridgehead atoms. The molecule has 2 aromatic rings. The van der Waals surface area contributed by atoms with Crippen LogP contribution in [0, 0.1) is 0 Å². The first kappa shape index (κ1) is 16.8. The zero-order chi connectivity index (χ0) is 17.0. The maximum absolute atomic E-state index is 12.6. The van der Waals surface area contributed by atoms with E-state index in [1.54, 1.807) is 16.8 Å². The quantitative estimate of drug-likeness (QED) is 0.883. The Bertz CT molecular complexity index is 710. The second kappa shape index (κ2) is 7.13. The van der Waals surface area contributed by atoms with Crippen LogP contribution in [0.5, 0.6) is 11.8 Å². The number of nitrogens with one attached hydrogen (secondary N) is 1. The van der Waals surface area contributed by atoms with Crippen LogP contribution in [-0.4, -0.2) is 34.9 Å². The number of aryl methyl sites for hydroxylation is 2. The van der Waals surface area contributed by atoms with Crippen LogP contribution < -0.4 is 14.8 Å². The van der Waals surface area contributed by atoms with Crippen LogP contribution in [0.3, 0.4) is 0 Å². The van der Waals surface area contributed by atoms with E-state index >= 15 is 0 Å². The highest BCUT2D eigenvalue weighted by atomic mass is 16.5. The SMILES string of the molecule is CCc1nn(C)c(NC(=O)c2ccc(OC)nc2OC)c1CC.